The van der Waals surface area contributed by atoms with E-state index in [4.69, 9.17) is 0 Å². The third-order valence-corrected chi connectivity index (χ3v) is 8.59. The number of hydrogen-bond donors (Lipinski definition) is 2. The molecule has 0 bridgehead atoms. The fraction of sp³-hybridized carbons (Fsp3) is 0.385. The summed E-state index contributed by atoms with van der Waals surface area (Å²) in [4.78, 5) is 26.5. The molecule has 1 aliphatic heterocycles. The van der Waals surface area contributed by atoms with Gasteiger partial charge >= 0.3 is 0 Å². The highest BCUT2D eigenvalue weighted by Gasteiger charge is 2.50. The van der Waals surface area contributed by atoms with Crippen molar-refractivity contribution >= 4 is 75.5 Å². The van der Waals surface area contributed by atoms with Crippen molar-refractivity contribution in [3.8, 4) is 0 Å². The monoisotopic (exact) mass is 561 g/mol. The number of fused-ring (bicyclic) bond motifs is 1. The molecule has 120 valence electrons. The van der Waals surface area contributed by atoms with Gasteiger partial charge in [-0.05, 0) is 70.1 Å². The van der Waals surface area contributed by atoms with Crippen LogP contribution in [-0.4, -0.2) is 45.7 Å². The number of carbonyl (C=O) groups is 2. The molecule has 0 radical (unpaired) electrons. The molecule has 5 nitrogen and oxygen atoms in total. The van der Waals surface area contributed by atoms with Crippen molar-refractivity contribution in [2.24, 2.45) is 0 Å². The van der Waals surface area contributed by atoms with Gasteiger partial charge in [0.15, 0.2) is 0 Å². The van der Waals surface area contributed by atoms with Crippen molar-refractivity contribution in [2.45, 2.75) is 18.9 Å². The number of aliphatic hydroxyl groups excluding tert-OH is 2. The van der Waals surface area contributed by atoms with Crippen molar-refractivity contribution in [3.63, 3.8) is 0 Å². The highest BCUT2D eigenvalue weighted by molar-refractivity contribution is 9.15. The van der Waals surface area contributed by atoms with Crippen LogP contribution in [-0.2, 0) is 0 Å². The molecule has 2 rings (SSSR count). The van der Waals surface area contributed by atoms with E-state index >= 15 is 0 Å². The lowest BCUT2D eigenvalue weighted by Gasteiger charge is -2.36. The molecule has 2 N–H and O–H groups in total. The lowest BCUT2D eigenvalue weighted by atomic mass is 9.96. The zero-order valence-electron chi connectivity index (χ0n) is 11.3. The average Bonchev–Trinajstić information content (AvgIpc) is 2.78. The number of rotatable bonds is 4. The molecule has 0 saturated carbocycles. The zero-order valence-corrected chi connectivity index (χ0v) is 17.6. The molecule has 0 atom stereocenters. The van der Waals surface area contributed by atoms with Crippen molar-refractivity contribution < 1.29 is 19.8 Å². The van der Waals surface area contributed by atoms with Gasteiger partial charge in [-0.25, -0.2) is 0 Å². The molecule has 0 unspecified atom stereocenters. The molecule has 1 aromatic rings. The Kier molecular flexibility index (Phi) is 5.56. The minimum absolute atomic E-state index is 0.201. The van der Waals surface area contributed by atoms with Gasteiger partial charge in [-0.2, -0.15) is 0 Å². The molecule has 22 heavy (non-hydrogen) atoms. The second-order valence-corrected chi connectivity index (χ2v) is 8.02. The molecule has 0 aliphatic carbocycles. The van der Waals surface area contributed by atoms with E-state index in [1.165, 1.54) is 0 Å². The van der Waals surface area contributed by atoms with E-state index in [0.717, 1.165) is 4.90 Å². The van der Waals surface area contributed by atoms with Crippen molar-refractivity contribution in [3.05, 3.63) is 29.0 Å². The Morgan fingerprint density at radius 1 is 0.864 bits per heavy atom. The summed E-state index contributed by atoms with van der Waals surface area (Å²) >= 11 is 13.3. The SMILES string of the molecule is CCC(CO)(CO)N1C(=O)c2c(Br)c(Br)c(Br)c(Br)c2C1=O. The lowest BCUT2D eigenvalue weighted by molar-refractivity contribution is 0.000278. The third-order valence-electron chi connectivity index (χ3n) is 3.82. The van der Waals surface area contributed by atoms with Crippen LogP contribution >= 0.6 is 63.7 Å². The van der Waals surface area contributed by atoms with E-state index in [1.807, 2.05) is 0 Å². The Morgan fingerprint density at radius 2 is 1.23 bits per heavy atom. The number of amides is 2. The Hall–Kier alpha value is 0.200. The van der Waals surface area contributed by atoms with Crippen LogP contribution in [0.2, 0.25) is 0 Å². The number of halogens is 4. The standard InChI is InChI=1S/C13H11Br4NO4/c1-2-13(3-19,4-20)18-11(21)5-6(12(18)22)8(15)10(17)9(16)7(5)14/h19-20H,2-4H2,1H3. The minimum atomic E-state index is -1.33. The maximum Gasteiger partial charge on any atom is 0.263 e. The first-order chi connectivity index (χ1) is 10.3. The fourth-order valence-corrected chi connectivity index (χ4v) is 4.81. The van der Waals surface area contributed by atoms with Crippen molar-refractivity contribution in [2.75, 3.05) is 13.2 Å². The first kappa shape index (κ1) is 18.5. The molecule has 1 aromatic carbocycles. The molecule has 0 fully saturated rings. The van der Waals surface area contributed by atoms with Gasteiger partial charge in [-0.3, -0.25) is 14.5 Å². The van der Waals surface area contributed by atoms with Gasteiger partial charge in [-0.1, -0.05) is 6.92 Å². The summed E-state index contributed by atoms with van der Waals surface area (Å²) in [7, 11) is 0. The van der Waals surface area contributed by atoms with Gasteiger partial charge in [0, 0.05) is 17.9 Å². The maximum atomic E-state index is 12.8. The number of carbonyl (C=O) groups excluding carboxylic acids is 2. The maximum absolute atomic E-state index is 12.8. The predicted octanol–water partition coefficient (Wildman–Crippen LogP) is 3.47. The van der Waals surface area contributed by atoms with Gasteiger partial charge in [0.25, 0.3) is 11.8 Å². The summed E-state index contributed by atoms with van der Waals surface area (Å²) in [5.41, 5.74) is -0.927. The van der Waals surface area contributed by atoms with Gasteiger partial charge in [0.05, 0.1) is 29.9 Å². The van der Waals surface area contributed by atoms with E-state index in [0.29, 0.717) is 17.9 Å². The molecule has 9 heteroatoms. The van der Waals surface area contributed by atoms with Crippen LogP contribution in [0.1, 0.15) is 34.1 Å². The molecule has 0 saturated heterocycles. The van der Waals surface area contributed by atoms with Crippen LogP contribution in [0.15, 0.2) is 17.9 Å². The summed E-state index contributed by atoms with van der Waals surface area (Å²) in [6, 6.07) is 0. The predicted molar refractivity (Wildman–Crippen MR) is 94.9 cm³/mol. The van der Waals surface area contributed by atoms with Crippen LogP contribution in [0.3, 0.4) is 0 Å². The number of nitrogens with zero attached hydrogens (tertiary/aromatic N) is 1. The van der Waals surface area contributed by atoms with Crippen molar-refractivity contribution in [1.82, 2.24) is 4.90 Å². The molecule has 0 aromatic heterocycles. The average molecular weight is 565 g/mol. The van der Waals surface area contributed by atoms with E-state index in [-0.39, 0.29) is 17.5 Å². The first-order valence-electron chi connectivity index (χ1n) is 6.24. The molecular formula is C13H11Br4NO4. The van der Waals surface area contributed by atoms with Gasteiger partial charge in [0.1, 0.15) is 0 Å². The van der Waals surface area contributed by atoms with Crippen LogP contribution in [0.25, 0.3) is 0 Å². The van der Waals surface area contributed by atoms with Crippen LogP contribution < -0.4 is 0 Å². The molecule has 1 heterocycles. The van der Waals surface area contributed by atoms with Crippen LogP contribution in [0, 0.1) is 0 Å². The minimum Gasteiger partial charge on any atom is -0.394 e. The highest BCUT2D eigenvalue weighted by atomic mass is 79.9. The van der Waals surface area contributed by atoms with Gasteiger partial charge < -0.3 is 10.2 Å². The Bertz CT molecular complexity index is 617. The van der Waals surface area contributed by atoms with Crippen molar-refractivity contribution in [1.29, 1.82) is 0 Å². The van der Waals surface area contributed by atoms with E-state index in [1.54, 1.807) is 6.92 Å². The topological polar surface area (TPSA) is 77.8 Å². The Balaban J connectivity index is 2.74. The summed E-state index contributed by atoms with van der Waals surface area (Å²) in [5, 5.41) is 19.3. The van der Waals surface area contributed by atoms with Gasteiger partial charge in [0.2, 0.25) is 0 Å². The van der Waals surface area contributed by atoms with Crippen LogP contribution in [0.5, 0.6) is 0 Å². The first-order valence-corrected chi connectivity index (χ1v) is 9.41. The summed E-state index contributed by atoms with van der Waals surface area (Å²) in [5.74, 6) is -1.10. The van der Waals surface area contributed by atoms with E-state index in [2.05, 4.69) is 63.7 Å². The number of imide groups is 1. The zero-order chi connectivity index (χ0) is 16.8. The fourth-order valence-electron chi connectivity index (χ4n) is 2.35. The largest absolute Gasteiger partial charge is 0.394 e. The summed E-state index contributed by atoms with van der Waals surface area (Å²) < 4.78 is 2.08. The molecule has 0 spiro atoms. The molecule has 2 amide bonds. The number of aliphatic hydroxyl groups is 2. The smallest absolute Gasteiger partial charge is 0.263 e. The Labute approximate surface area is 160 Å². The van der Waals surface area contributed by atoms with Gasteiger partial charge in [-0.15, -0.1) is 0 Å². The lowest BCUT2D eigenvalue weighted by Crippen LogP contribution is -2.56. The second kappa shape index (κ2) is 6.60. The third kappa shape index (κ3) is 2.44. The van der Waals surface area contributed by atoms with E-state index in [9.17, 15) is 19.8 Å². The summed E-state index contributed by atoms with van der Waals surface area (Å²) in [6.07, 6.45) is 0.239. The highest BCUT2D eigenvalue weighted by Crippen LogP contribution is 2.46. The number of hydrogen-bond acceptors (Lipinski definition) is 4. The van der Waals surface area contributed by atoms with E-state index < -0.39 is 30.6 Å². The Morgan fingerprint density at radius 3 is 1.50 bits per heavy atom. The summed E-state index contributed by atoms with van der Waals surface area (Å²) in [6.45, 7) is 0.679. The number of benzene rings is 1. The second-order valence-electron chi connectivity index (χ2n) is 4.85. The normalized spacial score (nSPS) is 14.8. The van der Waals surface area contributed by atoms with Crippen LogP contribution in [0.4, 0.5) is 0 Å². The molecule has 1 aliphatic rings. The molecular weight excluding hydrogens is 554 g/mol. The quantitative estimate of drug-likeness (QED) is 0.334.